The number of benzene rings is 1. The van der Waals surface area contributed by atoms with Gasteiger partial charge in [-0.05, 0) is 43.0 Å². The second-order valence-electron chi connectivity index (χ2n) is 5.00. The van der Waals surface area contributed by atoms with Crippen LogP contribution in [0.5, 0.6) is 11.5 Å². The number of ether oxygens (including phenoxy) is 4. The predicted octanol–water partition coefficient (Wildman–Crippen LogP) is 2.99. The highest BCUT2D eigenvalue weighted by atomic mass is 16.5. The lowest BCUT2D eigenvalue weighted by Crippen LogP contribution is -2.02. The summed E-state index contributed by atoms with van der Waals surface area (Å²) in [6.07, 6.45) is 5.93. The largest absolute Gasteiger partial charge is 0.493 e. The highest BCUT2D eigenvalue weighted by Gasteiger charge is 2.05. The molecule has 0 fully saturated rings. The van der Waals surface area contributed by atoms with E-state index in [0.29, 0.717) is 24.5 Å². The topological polar surface area (TPSA) is 71.1 Å². The van der Waals surface area contributed by atoms with Crippen molar-refractivity contribution in [2.75, 3.05) is 27.9 Å². The molecule has 0 atom stereocenters. The molecule has 6 heteroatoms. The Morgan fingerprint density at radius 1 is 1.00 bits per heavy atom. The van der Waals surface area contributed by atoms with E-state index < -0.39 is 5.97 Å². The van der Waals surface area contributed by atoms with Crippen molar-refractivity contribution < 1.29 is 28.5 Å². The molecule has 1 aromatic rings. The molecule has 0 amide bonds. The molecule has 24 heavy (non-hydrogen) atoms. The maximum Gasteiger partial charge on any atom is 0.330 e. The first-order chi connectivity index (χ1) is 11.6. The van der Waals surface area contributed by atoms with E-state index in [1.54, 1.807) is 25.3 Å². The maximum absolute atomic E-state index is 11.1. The monoisotopic (exact) mass is 336 g/mol. The Morgan fingerprint density at radius 3 is 2.46 bits per heavy atom. The van der Waals surface area contributed by atoms with Crippen LogP contribution in [0.25, 0.3) is 6.08 Å². The van der Waals surface area contributed by atoms with Gasteiger partial charge in [0.2, 0.25) is 0 Å². The Labute approximate surface area is 142 Å². The van der Waals surface area contributed by atoms with Gasteiger partial charge in [0.05, 0.1) is 27.9 Å². The van der Waals surface area contributed by atoms with Gasteiger partial charge in [0.15, 0.2) is 11.5 Å². The summed E-state index contributed by atoms with van der Waals surface area (Å²) in [5.74, 6) is 0.631. The van der Waals surface area contributed by atoms with E-state index in [4.69, 9.17) is 9.47 Å². The first kappa shape index (κ1) is 19.5. The molecule has 0 aliphatic rings. The summed E-state index contributed by atoms with van der Waals surface area (Å²) < 4.78 is 20.2. The lowest BCUT2D eigenvalue weighted by molar-refractivity contribution is -0.140. The zero-order valence-electron chi connectivity index (χ0n) is 14.4. The minimum atomic E-state index is -0.416. The molecule has 0 spiro atoms. The van der Waals surface area contributed by atoms with E-state index in [2.05, 4.69) is 9.47 Å². The van der Waals surface area contributed by atoms with Crippen LogP contribution >= 0.6 is 0 Å². The van der Waals surface area contributed by atoms with E-state index >= 15 is 0 Å². The number of methoxy groups -OCH3 is 3. The molecule has 0 radical (unpaired) electrons. The van der Waals surface area contributed by atoms with Crippen LogP contribution in [0, 0.1) is 0 Å². The van der Waals surface area contributed by atoms with Crippen LogP contribution in [-0.2, 0) is 19.1 Å². The molecule has 0 saturated carbocycles. The second-order valence-corrected chi connectivity index (χ2v) is 5.00. The third-order valence-corrected chi connectivity index (χ3v) is 3.31. The smallest absolute Gasteiger partial charge is 0.330 e. The van der Waals surface area contributed by atoms with Crippen molar-refractivity contribution in [1.82, 2.24) is 0 Å². The van der Waals surface area contributed by atoms with Gasteiger partial charge in [-0.2, -0.15) is 0 Å². The van der Waals surface area contributed by atoms with Gasteiger partial charge in [-0.1, -0.05) is 6.07 Å². The summed E-state index contributed by atoms with van der Waals surface area (Å²) >= 11 is 0. The lowest BCUT2D eigenvalue weighted by atomic mass is 10.2. The van der Waals surface area contributed by atoms with Crippen molar-refractivity contribution >= 4 is 18.0 Å². The number of hydrogen-bond donors (Lipinski definition) is 0. The Morgan fingerprint density at radius 2 is 1.79 bits per heavy atom. The molecule has 1 rings (SSSR count). The van der Waals surface area contributed by atoms with E-state index in [1.165, 1.54) is 20.3 Å². The first-order valence-corrected chi connectivity index (χ1v) is 7.74. The van der Waals surface area contributed by atoms with Crippen molar-refractivity contribution in [1.29, 1.82) is 0 Å². The molecule has 0 unspecified atom stereocenters. The van der Waals surface area contributed by atoms with Crippen LogP contribution < -0.4 is 9.47 Å². The SMILES string of the molecule is COC(=O)C=Cc1ccc(OCCCCCC(=O)OC)c(OC)c1. The molecule has 0 bridgehead atoms. The molecule has 0 aliphatic heterocycles. The highest BCUT2D eigenvalue weighted by molar-refractivity contribution is 5.87. The van der Waals surface area contributed by atoms with Crippen LogP contribution in [-0.4, -0.2) is 39.9 Å². The second kappa shape index (κ2) is 11.1. The number of hydrogen-bond acceptors (Lipinski definition) is 6. The number of rotatable bonds is 10. The summed E-state index contributed by atoms with van der Waals surface area (Å²) in [6, 6.07) is 5.41. The van der Waals surface area contributed by atoms with Crippen LogP contribution in [0.1, 0.15) is 31.2 Å². The summed E-state index contributed by atoms with van der Waals surface area (Å²) in [5, 5.41) is 0. The standard InChI is InChI=1S/C18H24O6/c1-21-16-13-14(9-11-18(20)23-3)8-10-15(16)24-12-6-4-5-7-17(19)22-2/h8-11,13H,4-7,12H2,1-3H3. The molecular formula is C18H24O6. The molecule has 132 valence electrons. The van der Waals surface area contributed by atoms with Gasteiger partial charge in [0.25, 0.3) is 0 Å². The molecule has 0 aliphatic carbocycles. The van der Waals surface area contributed by atoms with Crippen molar-refractivity contribution in [2.24, 2.45) is 0 Å². The zero-order chi connectivity index (χ0) is 17.8. The quantitative estimate of drug-likeness (QED) is 0.372. The maximum atomic E-state index is 11.1. The Balaban J connectivity index is 2.46. The number of carbonyl (C=O) groups excluding carboxylic acids is 2. The van der Waals surface area contributed by atoms with Gasteiger partial charge in [-0.3, -0.25) is 4.79 Å². The first-order valence-electron chi connectivity index (χ1n) is 7.74. The average molecular weight is 336 g/mol. The number of carbonyl (C=O) groups is 2. The normalized spacial score (nSPS) is 10.5. The van der Waals surface area contributed by atoms with Gasteiger partial charge in [0.1, 0.15) is 0 Å². The minimum absolute atomic E-state index is 0.187. The van der Waals surface area contributed by atoms with E-state index in [1.807, 2.05) is 6.07 Å². The van der Waals surface area contributed by atoms with Gasteiger partial charge in [-0.25, -0.2) is 4.79 Å². The van der Waals surface area contributed by atoms with Gasteiger partial charge in [0, 0.05) is 12.5 Å². The van der Waals surface area contributed by atoms with Crippen LogP contribution in [0.2, 0.25) is 0 Å². The number of esters is 2. The minimum Gasteiger partial charge on any atom is -0.493 e. The summed E-state index contributed by atoms with van der Waals surface area (Å²) in [6.45, 7) is 0.537. The summed E-state index contributed by atoms with van der Waals surface area (Å²) in [5.41, 5.74) is 0.808. The average Bonchev–Trinajstić information content (AvgIpc) is 2.62. The Hall–Kier alpha value is -2.50. The Bertz CT molecular complexity index is 565. The lowest BCUT2D eigenvalue weighted by Gasteiger charge is -2.11. The Kier molecular flexibility index (Phi) is 9.04. The fourth-order valence-corrected chi connectivity index (χ4v) is 1.97. The molecule has 0 N–H and O–H groups in total. The van der Waals surface area contributed by atoms with Crippen molar-refractivity contribution in [3.63, 3.8) is 0 Å². The van der Waals surface area contributed by atoms with E-state index in [9.17, 15) is 9.59 Å². The fourth-order valence-electron chi connectivity index (χ4n) is 1.97. The molecule has 0 aromatic heterocycles. The van der Waals surface area contributed by atoms with Gasteiger partial charge < -0.3 is 18.9 Å². The third-order valence-electron chi connectivity index (χ3n) is 3.31. The van der Waals surface area contributed by atoms with Gasteiger partial charge >= 0.3 is 11.9 Å². The molecule has 1 aromatic carbocycles. The number of unbranched alkanes of at least 4 members (excludes halogenated alkanes) is 2. The van der Waals surface area contributed by atoms with Crippen molar-refractivity contribution in [2.45, 2.75) is 25.7 Å². The predicted molar refractivity (Wildman–Crippen MR) is 90.0 cm³/mol. The van der Waals surface area contributed by atoms with Crippen molar-refractivity contribution in [3.05, 3.63) is 29.8 Å². The molecule has 0 heterocycles. The highest BCUT2D eigenvalue weighted by Crippen LogP contribution is 2.28. The van der Waals surface area contributed by atoms with Crippen LogP contribution in [0.3, 0.4) is 0 Å². The van der Waals surface area contributed by atoms with Crippen LogP contribution in [0.15, 0.2) is 24.3 Å². The van der Waals surface area contributed by atoms with Crippen molar-refractivity contribution in [3.8, 4) is 11.5 Å². The van der Waals surface area contributed by atoms with Crippen LogP contribution in [0.4, 0.5) is 0 Å². The zero-order valence-corrected chi connectivity index (χ0v) is 14.4. The molecular weight excluding hydrogens is 312 g/mol. The fraction of sp³-hybridized carbons (Fsp3) is 0.444. The summed E-state index contributed by atoms with van der Waals surface area (Å²) in [7, 11) is 4.28. The van der Waals surface area contributed by atoms with E-state index in [0.717, 1.165) is 24.8 Å². The summed E-state index contributed by atoms with van der Waals surface area (Å²) in [4.78, 5) is 22.1. The molecule has 6 nitrogen and oxygen atoms in total. The van der Waals surface area contributed by atoms with Gasteiger partial charge in [-0.15, -0.1) is 0 Å². The molecule has 0 saturated heterocycles. The third kappa shape index (κ3) is 7.17. The van der Waals surface area contributed by atoms with E-state index in [-0.39, 0.29) is 5.97 Å².